The van der Waals surface area contributed by atoms with Crippen LogP contribution in [0.1, 0.15) is 19.0 Å². The van der Waals surface area contributed by atoms with E-state index in [1.54, 1.807) is 24.5 Å². The van der Waals surface area contributed by atoms with Crippen LogP contribution >= 0.6 is 0 Å². The Labute approximate surface area is 156 Å². The molecule has 2 N–H and O–H groups in total. The average molecular weight is 369 g/mol. The standard InChI is InChI=1S/C20H20FN3O3/c1-20(10-25)11-26-19(27-12-20)18-23-16(13-2-4-15(21)5-3-13)17(24-18)14-6-8-22-9-7-14/h2-9,19,25H,10-12H2,1H3,(H,23,24). The highest BCUT2D eigenvalue weighted by Crippen LogP contribution is 2.35. The van der Waals surface area contributed by atoms with Gasteiger partial charge in [0, 0.05) is 28.9 Å². The number of halogens is 1. The zero-order valence-electron chi connectivity index (χ0n) is 14.9. The third kappa shape index (κ3) is 3.62. The van der Waals surface area contributed by atoms with E-state index in [-0.39, 0.29) is 12.4 Å². The number of aliphatic hydroxyl groups excluding tert-OH is 1. The Morgan fingerprint density at radius 2 is 1.78 bits per heavy atom. The predicted molar refractivity (Wildman–Crippen MR) is 97.1 cm³/mol. The van der Waals surface area contributed by atoms with Crippen LogP contribution in [0, 0.1) is 11.2 Å². The normalized spacial score (nSPS) is 22.7. The second kappa shape index (κ2) is 7.19. The summed E-state index contributed by atoms with van der Waals surface area (Å²) in [4.78, 5) is 12.0. The molecule has 1 aliphatic heterocycles. The number of benzene rings is 1. The number of aromatic amines is 1. The van der Waals surface area contributed by atoms with Crippen molar-refractivity contribution >= 4 is 0 Å². The second-order valence-electron chi connectivity index (χ2n) is 7.01. The molecule has 6 nitrogen and oxygen atoms in total. The molecule has 4 rings (SSSR count). The lowest BCUT2D eigenvalue weighted by Gasteiger charge is -2.35. The summed E-state index contributed by atoms with van der Waals surface area (Å²) >= 11 is 0. The van der Waals surface area contributed by atoms with E-state index >= 15 is 0 Å². The van der Waals surface area contributed by atoms with Crippen molar-refractivity contribution in [2.75, 3.05) is 19.8 Å². The molecule has 0 atom stereocenters. The number of hydrogen-bond acceptors (Lipinski definition) is 5. The van der Waals surface area contributed by atoms with Crippen LogP contribution in [0.2, 0.25) is 0 Å². The molecular formula is C20H20FN3O3. The third-order valence-corrected chi connectivity index (χ3v) is 4.58. The smallest absolute Gasteiger partial charge is 0.217 e. The van der Waals surface area contributed by atoms with Crippen molar-refractivity contribution in [3.8, 4) is 22.5 Å². The van der Waals surface area contributed by atoms with Crippen molar-refractivity contribution in [2.24, 2.45) is 5.41 Å². The van der Waals surface area contributed by atoms with Gasteiger partial charge in [-0.1, -0.05) is 6.92 Å². The van der Waals surface area contributed by atoms with Gasteiger partial charge in [-0.3, -0.25) is 4.98 Å². The van der Waals surface area contributed by atoms with Crippen LogP contribution in [-0.4, -0.2) is 39.9 Å². The minimum atomic E-state index is -0.653. The van der Waals surface area contributed by atoms with Gasteiger partial charge in [0.25, 0.3) is 0 Å². The van der Waals surface area contributed by atoms with E-state index < -0.39 is 11.7 Å². The lowest BCUT2D eigenvalue weighted by Crippen LogP contribution is -2.39. The second-order valence-corrected chi connectivity index (χ2v) is 7.01. The SMILES string of the molecule is CC1(CO)COC(c2nc(-c3ccc(F)cc3)c(-c3ccncc3)[nH]2)OC1. The van der Waals surface area contributed by atoms with Crippen molar-refractivity contribution in [3.63, 3.8) is 0 Å². The quantitative estimate of drug-likeness (QED) is 0.737. The van der Waals surface area contributed by atoms with Gasteiger partial charge < -0.3 is 19.6 Å². The molecule has 0 unspecified atom stereocenters. The number of pyridine rings is 1. The van der Waals surface area contributed by atoms with Crippen molar-refractivity contribution < 1.29 is 19.0 Å². The van der Waals surface area contributed by atoms with Crippen molar-refractivity contribution in [1.29, 1.82) is 0 Å². The molecule has 0 saturated carbocycles. The zero-order chi connectivity index (χ0) is 18.9. The fraction of sp³-hybridized carbons (Fsp3) is 0.300. The number of aliphatic hydroxyl groups is 1. The van der Waals surface area contributed by atoms with Gasteiger partial charge in [0.2, 0.25) is 6.29 Å². The monoisotopic (exact) mass is 369 g/mol. The summed E-state index contributed by atoms with van der Waals surface area (Å²) < 4.78 is 24.9. The number of H-pyrrole nitrogens is 1. The van der Waals surface area contributed by atoms with Gasteiger partial charge in [-0.25, -0.2) is 9.37 Å². The molecular weight excluding hydrogens is 349 g/mol. The predicted octanol–water partition coefficient (Wildman–Crippen LogP) is 3.32. The van der Waals surface area contributed by atoms with E-state index in [0.717, 1.165) is 16.8 Å². The number of rotatable bonds is 4. The summed E-state index contributed by atoms with van der Waals surface area (Å²) in [7, 11) is 0. The van der Waals surface area contributed by atoms with Crippen LogP contribution in [0.25, 0.3) is 22.5 Å². The molecule has 27 heavy (non-hydrogen) atoms. The Kier molecular flexibility index (Phi) is 4.73. The molecule has 1 aromatic carbocycles. The Morgan fingerprint density at radius 3 is 2.41 bits per heavy atom. The van der Waals surface area contributed by atoms with Crippen LogP contribution in [0.3, 0.4) is 0 Å². The topological polar surface area (TPSA) is 80.3 Å². The van der Waals surface area contributed by atoms with Crippen molar-refractivity contribution in [2.45, 2.75) is 13.2 Å². The van der Waals surface area contributed by atoms with Crippen LogP contribution in [-0.2, 0) is 9.47 Å². The fourth-order valence-electron chi connectivity index (χ4n) is 2.94. The van der Waals surface area contributed by atoms with Crippen LogP contribution < -0.4 is 0 Å². The van der Waals surface area contributed by atoms with E-state index in [1.807, 2.05) is 19.1 Å². The molecule has 3 aromatic rings. The minimum absolute atomic E-state index is 0.0129. The van der Waals surface area contributed by atoms with Crippen LogP contribution in [0.5, 0.6) is 0 Å². The lowest BCUT2D eigenvalue weighted by atomic mass is 9.94. The van der Waals surface area contributed by atoms with Gasteiger partial charge in [-0.15, -0.1) is 0 Å². The molecule has 7 heteroatoms. The largest absolute Gasteiger partial charge is 0.396 e. The van der Waals surface area contributed by atoms with E-state index in [9.17, 15) is 9.50 Å². The molecule has 2 aromatic heterocycles. The van der Waals surface area contributed by atoms with Gasteiger partial charge in [-0.2, -0.15) is 0 Å². The van der Waals surface area contributed by atoms with Crippen LogP contribution in [0.4, 0.5) is 4.39 Å². The summed E-state index contributed by atoms with van der Waals surface area (Å²) in [6.07, 6.45) is 2.74. The maximum absolute atomic E-state index is 13.3. The third-order valence-electron chi connectivity index (χ3n) is 4.58. The number of hydrogen-bond donors (Lipinski definition) is 2. The molecule has 0 bridgehead atoms. The first-order chi connectivity index (χ1) is 13.1. The molecule has 1 saturated heterocycles. The first-order valence-corrected chi connectivity index (χ1v) is 8.68. The highest BCUT2D eigenvalue weighted by atomic mass is 19.1. The molecule has 140 valence electrons. The Hall–Kier alpha value is -2.61. The van der Waals surface area contributed by atoms with E-state index in [1.165, 1.54) is 12.1 Å². The number of ether oxygens (including phenoxy) is 2. The highest BCUT2D eigenvalue weighted by molar-refractivity contribution is 5.78. The summed E-state index contributed by atoms with van der Waals surface area (Å²) in [6.45, 7) is 2.62. The van der Waals surface area contributed by atoms with Gasteiger partial charge >= 0.3 is 0 Å². The summed E-state index contributed by atoms with van der Waals surface area (Å²) in [5.74, 6) is 0.225. The first kappa shape index (κ1) is 17.8. The average Bonchev–Trinajstić information content (AvgIpc) is 3.15. The van der Waals surface area contributed by atoms with E-state index in [2.05, 4.69) is 15.0 Å². The number of aromatic nitrogens is 3. The molecule has 3 heterocycles. The molecule has 1 aliphatic rings. The van der Waals surface area contributed by atoms with Crippen molar-refractivity contribution in [1.82, 2.24) is 15.0 Å². The maximum atomic E-state index is 13.3. The molecule has 0 aliphatic carbocycles. The number of imidazole rings is 1. The lowest BCUT2D eigenvalue weighted by molar-refractivity contribution is -0.239. The van der Waals surface area contributed by atoms with Gasteiger partial charge in [0.05, 0.1) is 31.2 Å². The molecule has 0 amide bonds. The minimum Gasteiger partial charge on any atom is -0.396 e. The number of nitrogens with zero attached hydrogens (tertiary/aromatic N) is 2. The Bertz CT molecular complexity index is 904. The molecule has 0 spiro atoms. The highest BCUT2D eigenvalue weighted by Gasteiger charge is 2.34. The summed E-state index contributed by atoms with van der Waals surface area (Å²) in [5.41, 5.74) is 2.72. The zero-order valence-corrected chi connectivity index (χ0v) is 14.9. The molecule has 1 fully saturated rings. The first-order valence-electron chi connectivity index (χ1n) is 8.68. The fourth-order valence-corrected chi connectivity index (χ4v) is 2.94. The van der Waals surface area contributed by atoms with Gasteiger partial charge in [-0.05, 0) is 36.4 Å². The summed E-state index contributed by atoms with van der Waals surface area (Å²) in [5, 5.41) is 9.46. The number of nitrogens with one attached hydrogen (secondary N) is 1. The summed E-state index contributed by atoms with van der Waals surface area (Å²) in [6, 6.07) is 9.92. The van der Waals surface area contributed by atoms with Crippen LogP contribution in [0.15, 0.2) is 48.8 Å². The maximum Gasteiger partial charge on any atom is 0.217 e. The van der Waals surface area contributed by atoms with Crippen molar-refractivity contribution in [3.05, 3.63) is 60.4 Å². The molecule has 0 radical (unpaired) electrons. The Morgan fingerprint density at radius 1 is 1.11 bits per heavy atom. The van der Waals surface area contributed by atoms with Gasteiger partial charge in [0.1, 0.15) is 5.82 Å². The Balaban J connectivity index is 1.71. The van der Waals surface area contributed by atoms with Gasteiger partial charge in [0.15, 0.2) is 5.82 Å². The van der Waals surface area contributed by atoms with E-state index in [4.69, 9.17) is 9.47 Å². The van der Waals surface area contributed by atoms with E-state index in [0.29, 0.717) is 24.7 Å².